The number of aromatic nitrogens is 4. The van der Waals surface area contributed by atoms with Gasteiger partial charge in [-0.2, -0.15) is 13.2 Å². The van der Waals surface area contributed by atoms with Crippen molar-refractivity contribution in [1.29, 1.82) is 0 Å². The number of rotatable bonds is 3. The van der Waals surface area contributed by atoms with Crippen LogP contribution in [0.1, 0.15) is 54.2 Å². The number of anilines is 1. The fourth-order valence-corrected chi connectivity index (χ4v) is 5.58. The molecule has 0 saturated carbocycles. The van der Waals surface area contributed by atoms with Crippen molar-refractivity contribution in [3.63, 3.8) is 0 Å². The van der Waals surface area contributed by atoms with E-state index in [1.165, 1.54) is 17.3 Å². The fraction of sp³-hybridized carbons (Fsp3) is 0.440. The van der Waals surface area contributed by atoms with Crippen LogP contribution in [-0.2, 0) is 19.0 Å². The van der Waals surface area contributed by atoms with Crippen LogP contribution < -0.4 is 4.90 Å². The number of piperidine rings is 1. The Balaban J connectivity index is 1.45. The van der Waals surface area contributed by atoms with Gasteiger partial charge in [0.05, 0.1) is 22.5 Å². The first-order valence-electron chi connectivity index (χ1n) is 11.5. The van der Waals surface area contributed by atoms with E-state index >= 15 is 0 Å². The average Bonchev–Trinajstić information content (AvgIpc) is 3.16. The van der Waals surface area contributed by atoms with Gasteiger partial charge in [-0.25, -0.2) is 9.97 Å². The number of aliphatic hydroxyl groups excluding tert-OH is 1. The smallest absolute Gasteiger partial charge is 0.387 e. The molecule has 184 valence electrons. The van der Waals surface area contributed by atoms with Crippen molar-refractivity contribution in [2.75, 3.05) is 18.0 Å². The third-order valence-corrected chi connectivity index (χ3v) is 7.48. The van der Waals surface area contributed by atoms with Crippen LogP contribution in [0.25, 0.3) is 11.3 Å². The number of aliphatic hydroxyl groups is 1. The summed E-state index contributed by atoms with van der Waals surface area (Å²) in [5, 5.41) is 9.98. The monoisotopic (exact) mass is 503 g/mol. The van der Waals surface area contributed by atoms with Gasteiger partial charge in [-0.05, 0) is 62.6 Å². The van der Waals surface area contributed by atoms with Crippen LogP contribution in [0.3, 0.4) is 0 Å². The third kappa shape index (κ3) is 4.36. The quantitative estimate of drug-likeness (QED) is 0.519. The molecule has 0 amide bonds. The van der Waals surface area contributed by atoms with Crippen LogP contribution in [0.4, 0.5) is 19.0 Å². The number of fused-ring (bicyclic) bond motifs is 1. The minimum atomic E-state index is -4.69. The van der Waals surface area contributed by atoms with E-state index in [1.54, 1.807) is 13.8 Å². The first-order valence-corrected chi connectivity index (χ1v) is 11.9. The molecular weight excluding hydrogens is 479 g/mol. The molecule has 1 spiro atoms. The van der Waals surface area contributed by atoms with E-state index in [-0.39, 0.29) is 16.7 Å². The minimum Gasteiger partial charge on any atom is -0.387 e. The fourth-order valence-electron chi connectivity index (χ4n) is 5.27. The Kier molecular flexibility index (Phi) is 5.96. The van der Waals surface area contributed by atoms with E-state index in [2.05, 4.69) is 25.9 Å². The first kappa shape index (κ1) is 23.9. The number of nitrogens with zero attached hydrogens (tertiary/aromatic N) is 5. The van der Waals surface area contributed by atoms with Crippen molar-refractivity contribution in [3.05, 3.63) is 64.0 Å². The molecule has 4 heterocycles. The second-order valence-corrected chi connectivity index (χ2v) is 9.89. The molecule has 2 aliphatic rings. The predicted octanol–water partition coefficient (Wildman–Crippen LogP) is 5.35. The highest BCUT2D eigenvalue weighted by atomic mass is 35.5. The summed E-state index contributed by atoms with van der Waals surface area (Å²) in [6.45, 7) is 4.75. The number of halogens is 4. The van der Waals surface area contributed by atoms with Crippen LogP contribution >= 0.6 is 11.6 Å². The Morgan fingerprint density at radius 3 is 2.49 bits per heavy atom. The lowest BCUT2D eigenvalue weighted by Crippen LogP contribution is -2.41. The Hall–Kier alpha value is -2.78. The highest BCUT2D eigenvalue weighted by Crippen LogP contribution is 2.45. The molecule has 1 fully saturated rings. The first-order chi connectivity index (χ1) is 16.6. The largest absolute Gasteiger partial charge is 0.434 e. The lowest BCUT2D eigenvalue weighted by atomic mass is 9.76. The molecule has 5 rings (SSSR count). The molecule has 0 aromatic carbocycles. The van der Waals surface area contributed by atoms with Crippen LogP contribution in [0.15, 0.2) is 30.6 Å². The Morgan fingerprint density at radius 2 is 1.83 bits per heavy atom. The molecule has 6 nitrogen and oxygen atoms in total. The van der Waals surface area contributed by atoms with E-state index < -0.39 is 23.0 Å². The van der Waals surface area contributed by atoms with Gasteiger partial charge in [0.15, 0.2) is 11.5 Å². The zero-order valence-corrected chi connectivity index (χ0v) is 20.2. The number of hydrogen-bond acceptors (Lipinski definition) is 6. The van der Waals surface area contributed by atoms with Crippen molar-refractivity contribution in [2.45, 2.75) is 51.8 Å². The summed E-state index contributed by atoms with van der Waals surface area (Å²) >= 11 is 6.10. The van der Waals surface area contributed by atoms with Gasteiger partial charge >= 0.3 is 6.18 Å². The summed E-state index contributed by atoms with van der Waals surface area (Å²) in [6, 6.07) is 5.52. The number of hydrogen-bond donors (Lipinski definition) is 1. The maximum Gasteiger partial charge on any atom is 0.434 e. The standard InChI is InChI=1S/C25H25ClF3N5O/c1-14-20(17-5-9-31-22(19(17)26)25(27,28)29)33-21(15(2)35)23(32-14)34-10-6-24(7-11-34)12-16-4-3-8-30-18(16)13-24/h3-5,8-9,15,35H,6-7,10-13H2,1-2H3. The molecule has 1 aliphatic carbocycles. The molecular formula is C25H25ClF3N5O. The second-order valence-electron chi connectivity index (χ2n) is 9.51. The Labute approximate surface area is 206 Å². The van der Waals surface area contributed by atoms with Gasteiger partial charge in [0.25, 0.3) is 0 Å². The van der Waals surface area contributed by atoms with Crippen molar-refractivity contribution >= 4 is 17.4 Å². The van der Waals surface area contributed by atoms with Crippen LogP contribution in [0.5, 0.6) is 0 Å². The van der Waals surface area contributed by atoms with Crippen molar-refractivity contribution in [3.8, 4) is 11.3 Å². The summed E-state index contributed by atoms with van der Waals surface area (Å²) in [7, 11) is 0. The SMILES string of the molecule is Cc1nc(N2CCC3(CC2)Cc2cccnc2C3)c(C(C)O)nc1-c1ccnc(C(F)(F)F)c1Cl. The van der Waals surface area contributed by atoms with Gasteiger partial charge in [0, 0.05) is 36.7 Å². The Bertz CT molecular complexity index is 1250. The van der Waals surface area contributed by atoms with Crippen LogP contribution in [0.2, 0.25) is 5.02 Å². The molecule has 3 aromatic heterocycles. The summed E-state index contributed by atoms with van der Waals surface area (Å²) in [4.78, 5) is 19.3. The van der Waals surface area contributed by atoms with Crippen LogP contribution in [0, 0.1) is 12.3 Å². The molecule has 0 bridgehead atoms. The van der Waals surface area contributed by atoms with Crippen LogP contribution in [-0.4, -0.2) is 38.1 Å². The molecule has 1 atom stereocenters. The van der Waals surface area contributed by atoms with Gasteiger partial charge in [0.2, 0.25) is 0 Å². The lowest BCUT2D eigenvalue weighted by Gasteiger charge is -2.40. The molecule has 1 N–H and O–H groups in total. The molecule has 0 radical (unpaired) electrons. The van der Waals surface area contributed by atoms with Crippen molar-refractivity contribution in [1.82, 2.24) is 19.9 Å². The zero-order chi connectivity index (χ0) is 25.0. The molecule has 1 unspecified atom stereocenters. The highest BCUT2D eigenvalue weighted by molar-refractivity contribution is 6.34. The number of pyridine rings is 2. The molecule has 1 saturated heterocycles. The predicted molar refractivity (Wildman–Crippen MR) is 126 cm³/mol. The van der Waals surface area contributed by atoms with Gasteiger partial charge in [-0.15, -0.1) is 0 Å². The molecule has 1 aliphatic heterocycles. The van der Waals surface area contributed by atoms with E-state index in [9.17, 15) is 18.3 Å². The minimum absolute atomic E-state index is 0.0845. The maximum absolute atomic E-state index is 13.3. The zero-order valence-electron chi connectivity index (χ0n) is 19.4. The Morgan fingerprint density at radius 1 is 1.09 bits per heavy atom. The summed E-state index contributed by atoms with van der Waals surface area (Å²) in [6.07, 6.45) is 1.13. The topological polar surface area (TPSA) is 75.0 Å². The summed E-state index contributed by atoms with van der Waals surface area (Å²) in [5.41, 5.74) is 2.54. The normalized spacial score (nSPS) is 18.1. The van der Waals surface area contributed by atoms with E-state index in [0.29, 0.717) is 17.2 Å². The van der Waals surface area contributed by atoms with Gasteiger partial charge in [-0.3, -0.25) is 9.97 Å². The van der Waals surface area contributed by atoms with Gasteiger partial charge in [0.1, 0.15) is 5.69 Å². The average molecular weight is 504 g/mol. The summed E-state index contributed by atoms with van der Waals surface area (Å²) in [5.74, 6) is 0.561. The van der Waals surface area contributed by atoms with Gasteiger partial charge in [-0.1, -0.05) is 17.7 Å². The summed E-state index contributed by atoms with van der Waals surface area (Å²) < 4.78 is 40.0. The van der Waals surface area contributed by atoms with E-state index in [4.69, 9.17) is 16.6 Å². The second kappa shape index (κ2) is 8.71. The lowest BCUT2D eigenvalue weighted by molar-refractivity contribution is -0.141. The van der Waals surface area contributed by atoms with E-state index in [1.807, 2.05) is 12.3 Å². The van der Waals surface area contributed by atoms with E-state index in [0.717, 1.165) is 45.0 Å². The molecule has 3 aromatic rings. The molecule has 10 heteroatoms. The van der Waals surface area contributed by atoms with Gasteiger partial charge < -0.3 is 10.0 Å². The van der Waals surface area contributed by atoms with Crippen molar-refractivity contribution in [2.24, 2.45) is 5.41 Å². The number of aryl methyl sites for hydroxylation is 1. The number of alkyl halides is 3. The molecule has 35 heavy (non-hydrogen) atoms. The maximum atomic E-state index is 13.3. The highest BCUT2D eigenvalue weighted by Gasteiger charge is 2.41. The third-order valence-electron chi connectivity index (χ3n) is 7.10. The van der Waals surface area contributed by atoms with Crippen molar-refractivity contribution < 1.29 is 18.3 Å².